The lowest BCUT2D eigenvalue weighted by Gasteiger charge is -2.21. The summed E-state index contributed by atoms with van der Waals surface area (Å²) < 4.78 is 5.04. The van der Waals surface area contributed by atoms with Crippen LogP contribution in [0, 0.1) is 0 Å². The number of carbonyl (C=O) groups excluding carboxylic acids is 4. The topological polar surface area (TPSA) is 108 Å². The van der Waals surface area contributed by atoms with Crippen LogP contribution in [0.2, 0.25) is 0 Å². The van der Waals surface area contributed by atoms with Gasteiger partial charge in [-0.1, -0.05) is 6.92 Å². The Morgan fingerprint density at radius 3 is 2.41 bits per heavy atom. The predicted octanol–water partition coefficient (Wildman–Crippen LogP) is 0.813. The Kier molecular flexibility index (Phi) is 6.04. The van der Waals surface area contributed by atoms with Crippen molar-refractivity contribution >= 4 is 29.4 Å². The van der Waals surface area contributed by atoms with Gasteiger partial charge >= 0.3 is 6.03 Å². The number of urea groups is 1. The fourth-order valence-electron chi connectivity index (χ4n) is 2.56. The number of hydrogen-bond donors (Lipinski definition) is 2. The van der Waals surface area contributed by atoms with Crippen LogP contribution in [0.5, 0.6) is 5.75 Å². The summed E-state index contributed by atoms with van der Waals surface area (Å²) in [5, 5.41) is 5.25. The van der Waals surface area contributed by atoms with E-state index in [4.69, 9.17) is 4.74 Å². The first-order valence-corrected chi connectivity index (χ1v) is 8.52. The van der Waals surface area contributed by atoms with Crippen LogP contribution < -0.4 is 15.4 Å². The van der Waals surface area contributed by atoms with Crippen molar-refractivity contribution in [2.45, 2.75) is 25.8 Å². The van der Waals surface area contributed by atoms with Gasteiger partial charge in [0.2, 0.25) is 11.8 Å². The molecule has 1 aromatic rings. The molecule has 9 heteroatoms. The highest BCUT2D eigenvalue weighted by atomic mass is 16.5. The van der Waals surface area contributed by atoms with Gasteiger partial charge in [0.15, 0.2) is 0 Å². The molecule has 1 aliphatic rings. The van der Waals surface area contributed by atoms with Crippen molar-refractivity contribution in [2.75, 3.05) is 32.6 Å². The molecule has 0 radical (unpaired) electrons. The number of amides is 5. The van der Waals surface area contributed by atoms with Gasteiger partial charge in [-0.05, 0) is 37.6 Å². The summed E-state index contributed by atoms with van der Waals surface area (Å²) in [6.07, 6.45) is 0.419. The molecular weight excluding hydrogens is 352 g/mol. The van der Waals surface area contributed by atoms with Crippen LogP contribution in [0.25, 0.3) is 0 Å². The molecule has 1 aromatic carbocycles. The lowest BCUT2D eigenvalue weighted by Crippen LogP contribution is -2.45. The minimum absolute atomic E-state index is 0.209. The van der Waals surface area contributed by atoms with E-state index >= 15 is 0 Å². The number of rotatable bonds is 7. The van der Waals surface area contributed by atoms with Crippen molar-refractivity contribution in [3.05, 3.63) is 24.3 Å². The second kappa shape index (κ2) is 8.07. The smallest absolute Gasteiger partial charge is 0.325 e. The molecule has 0 aromatic heterocycles. The zero-order valence-corrected chi connectivity index (χ0v) is 15.9. The molecule has 0 saturated carbocycles. The summed E-state index contributed by atoms with van der Waals surface area (Å²) in [5.74, 6) is -0.692. The monoisotopic (exact) mass is 376 g/mol. The van der Waals surface area contributed by atoms with Gasteiger partial charge in [0.25, 0.3) is 5.91 Å². The molecule has 0 bridgehead atoms. The first-order valence-electron chi connectivity index (χ1n) is 8.52. The van der Waals surface area contributed by atoms with Crippen LogP contribution in [0.3, 0.4) is 0 Å². The van der Waals surface area contributed by atoms with Gasteiger partial charge in [-0.2, -0.15) is 0 Å². The maximum atomic E-state index is 12.3. The predicted molar refractivity (Wildman–Crippen MR) is 98.2 cm³/mol. The van der Waals surface area contributed by atoms with Crippen LogP contribution in [-0.4, -0.2) is 66.3 Å². The standard InChI is InChI=1S/C18H24N4O5/c1-5-18(2)16(25)22(17(26)20-18)11-15(24)21(3)10-14(23)19-12-6-8-13(27-4)9-7-12/h6-9H,5,10-11H2,1-4H3,(H,19,23)(H,20,26)/t18-/m0/s1. The van der Waals surface area contributed by atoms with E-state index < -0.39 is 35.8 Å². The van der Waals surface area contributed by atoms with Crippen LogP contribution in [0.15, 0.2) is 24.3 Å². The van der Waals surface area contributed by atoms with Crippen molar-refractivity contribution in [1.29, 1.82) is 0 Å². The molecule has 2 N–H and O–H groups in total. The molecule has 0 unspecified atom stereocenters. The first-order chi connectivity index (χ1) is 12.7. The SMILES string of the molecule is CC[C@]1(C)NC(=O)N(CC(=O)N(C)CC(=O)Nc2ccc(OC)cc2)C1=O. The van der Waals surface area contributed by atoms with Crippen molar-refractivity contribution in [3.8, 4) is 5.75 Å². The van der Waals surface area contributed by atoms with Crippen molar-refractivity contribution in [2.24, 2.45) is 0 Å². The zero-order chi connectivity index (χ0) is 20.2. The normalized spacial score (nSPS) is 18.9. The van der Waals surface area contributed by atoms with Gasteiger partial charge in [0, 0.05) is 12.7 Å². The van der Waals surface area contributed by atoms with Gasteiger partial charge in [-0.25, -0.2) is 4.79 Å². The maximum absolute atomic E-state index is 12.3. The van der Waals surface area contributed by atoms with Crippen molar-refractivity contribution in [3.63, 3.8) is 0 Å². The van der Waals surface area contributed by atoms with E-state index in [0.717, 1.165) is 4.90 Å². The van der Waals surface area contributed by atoms with Gasteiger partial charge in [-0.15, -0.1) is 0 Å². The minimum atomic E-state index is -0.998. The highest BCUT2D eigenvalue weighted by Gasteiger charge is 2.47. The summed E-state index contributed by atoms with van der Waals surface area (Å²) in [5.41, 5.74) is -0.434. The van der Waals surface area contributed by atoms with Crippen LogP contribution in [0.4, 0.5) is 10.5 Å². The lowest BCUT2D eigenvalue weighted by molar-refractivity contribution is -0.139. The van der Waals surface area contributed by atoms with Gasteiger partial charge in [0.05, 0.1) is 13.7 Å². The molecular formula is C18H24N4O5. The molecule has 1 fully saturated rings. The van der Waals surface area contributed by atoms with Crippen molar-refractivity contribution < 1.29 is 23.9 Å². The Balaban J connectivity index is 1.90. The number of nitrogens with one attached hydrogen (secondary N) is 2. The van der Waals surface area contributed by atoms with E-state index in [1.54, 1.807) is 45.2 Å². The summed E-state index contributed by atoms with van der Waals surface area (Å²) in [6.45, 7) is 2.77. The Hall–Kier alpha value is -3.10. The molecule has 5 amide bonds. The van der Waals surface area contributed by atoms with Crippen molar-refractivity contribution in [1.82, 2.24) is 15.1 Å². The van der Waals surface area contributed by atoms with Crippen LogP contribution >= 0.6 is 0 Å². The number of hydrogen-bond acceptors (Lipinski definition) is 5. The number of ether oxygens (including phenoxy) is 1. The first kappa shape index (κ1) is 20.2. The highest BCUT2D eigenvalue weighted by molar-refractivity contribution is 6.09. The number of benzene rings is 1. The van der Waals surface area contributed by atoms with Gasteiger partial charge < -0.3 is 20.3 Å². The summed E-state index contributed by atoms with van der Waals surface area (Å²) >= 11 is 0. The number of methoxy groups -OCH3 is 1. The van der Waals surface area contributed by atoms with E-state index in [0.29, 0.717) is 17.9 Å². The van der Waals surface area contributed by atoms with E-state index in [2.05, 4.69) is 10.6 Å². The lowest BCUT2D eigenvalue weighted by atomic mass is 9.99. The molecule has 27 heavy (non-hydrogen) atoms. The maximum Gasteiger partial charge on any atom is 0.325 e. The number of imide groups is 1. The molecule has 0 aliphatic carbocycles. The van der Waals surface area contributed by atoms with E-state index in [-0.39, 0.29) is 6.54 Å². The largest absolute Gasteiger partial charge is 0.497 e. The molecule has 1 saturated heterocycles. The molecule has 146 valence electrons. The zero-order valence-electron chi connectivity index (χ0n) is 15.9. The Morgan fingerprint density at radius 1 is 1.26 bits per heavy atom. The highest BCUT2D eigenvalue weighted by Crippen LogP contribution is 2.20. The third-order valence-corrected chi connectivity index (χ3v) is 4.53. The van der Waals surface area contributed by atoms with Gasteiger partial charge in [-0.3, -0.25) is 19.3 Å². The quantitative estimate of drug-likeness (QED) is 0.685. The number of likely N-dealkylation sites (N-methyl/N-ethyl adjacent to an activating group) is 1. The van der Waals surface area contributed by atoms with E-state index in [1.165, 1.54) is 11.9 Å². The molecule has 1 atom stereocenters. The summed E-state index contributed by atoms with van der Waals surface area (Å²) in [6, 6.07) is 6.16. The van der Waals surface area contributed by atoms with E-state index in [9.17, 15) is 19.2 Å². The molecule has 0 spiro atoms. The fourth-order valence-corrected chi connectivity index (χ4v) is 2.56. The number of carbonyl (C=O) groups is 4. The number of anilines is 1. The van der Waals surface area contributed by atoms with Crippen LogP contribution in [-0.2, 0) is 14.4 Å². The Bertz CT molecular complexity index is 749. The minimum Gasteiger partial charge on any atom is -0.497 e. The third-order valence-electron chi connectivity index (χ3n) is 4.53. The Morgan fingerprint density at radius 2 is 1.89 bits per heavy atom. The van der Waals surface area contributed by atoms with E-state index in [1.807, 2.05) is 0 Å². The summed E-state index contributed by atoms with van der Waals surface area (Å²) in [4.78, 5) is 50.8. The second-order valence-corrected chi connectivity index (χ2v) is 6.53. The summed E-state index contributed by atoms with van der Waals surface area (Å²) in [7, 11) is 2.98. The fraction of sp³-hybridized carbons (Fsp3) is 0.444. The van der Waals surface area contributed by atoms with Gasteiger partial charge in [0.1, 0.15) is 17.8 Å². The molecule has 1 heterocycles. The second-order valence-electron chi connectivity index (χ2n) is 6.53. The van der Waals surface area contributed by atoms with Crippen LogP contribution in [0.1, 0.15) is 20.3 Å². The number of nitrogens with zero attached hydrogens (tertiary/aromatic N) is 2. The Labute approximate surface area is 157 Å². The molecule has 1 aliphatic heterocycles. The molecule has 2 rings (SSSR count). The third kappa shape index (κ3) is 4.55. The average molecular weight is 376 g/mol. The molecule has 9 nitrogen and oxygen atoms in total. The average Bonchev–Trinajstić information content (AvgIpc) is 2.85.